The first-order valence-corrected chi connectivity index (χ1v) is 13.5. The Kier molecular flexibility index (Phi) is 9.02. The monoisotopic (exact) mass is 574 g/mol. The number of pyridine rings is 2. The molecule has 0 spiro atoms. The number of carbonyl (C=O) groups excluding carboxylic acids is 2. The Labute approximate surface area is 241 Å². The Morgan fingerprint density at radius 2 is 1.83 bits per heavy atom. The van der Waals surface area contributed by atoms with Crippen LogP contribution in [0.25, 0.3) is 0 Å². The second-order valence-electron chi connectivity index (χ2n) is 9.57. The molecule has 0 bridgehead atoms. The zero-order valence-corrected chi connectivity index (χ0v) is 22.7. The van der Waals surface area contributed by atoms with Crippen molar-refractivity contribution in [2.75, 3.05) is 29.0 Å². The number of anilines is 4. The van der Waals surface area contributed by atoms with E-state index in [-0.39, 0.29) is 5.91 Å². The van der Waals surface area contributed by atoms with Crippen LogP contribution in [0.3, 0.4) is 0 Å². The van der Waals surface area contributed by atoms with Crippen LogP contribution in [0.1, 0.15) is 29.6 Å². The fraction of sp³-hybridized carbons (Fsp3) is 0.200. The summed E-state index contributed by atoms with van der Waals surface area (Å²) in [7, 11) is 0. The van der Waals surface area contributed by atoms with Crippen LogP contribution in [0.2, 0.25) is 5.02 Å². The van der Waals surface area contributed by atoms with Gasteiger partial charge in [0.25, 0.3) is 5.91 Å². The van der Waals surface area contributed by atoms with Gasteiger partial charge in [-0.15, -0.1) is 0 Å². The lowest BCUT2D eigenvalue weighted by Gasteiger charge is -2.21. The fourth-order valence-corrected chi connectivity index (χ4v) is 4.66. The van der Waals surface area contributed by atoms with Gasteiger partial charge < -0.3 is 26.0 Å². The number of ether oxygens (including phenoxy) is 1. The molecule has 41 heavy (non-hydrogen) atoms. The smallest absolute Gasteiger partial charge is 0.259 e. The normalized spacial score (nSPS) is 14.6. The van der Waals surface area contributed by atoms with Gasteiger partial charge in [0.15, 0.2) is 0 Å². The molecule has 1 fully saturated rings. The van der Waals surface area contributed by atoms with E-state index >= 15 is 0 Å². The topological polar surface area (TPSA) is 117 Å². The highest BCUT2D eigenvalue weighted by Crippen LogP contribution is 2.33. The van der Waals surface area contributed by atoms with E-state index in [2.05, 4.69) is 31.2 Å². The zero-order valence-electron chi connectivity index (χ0n) is 22.0. The number of nitrogens with one attached hydrogen (secondary N) is 4. The first-order chi connectivity index (χ1) is 19.9. The molecule has 1 aliphatic heterocycles. The van der Waals surface area contributed by atoms with Crippen molar-refractivity contribution in [1.29, 1.82) is 0 Å². The van der Waals surface area contributed by atoms with Crippen LogP contribution < -0.4 is 26.0 Å². The number of aromatic nitrogens is 2. The summed E-state index contributed by atoms with van der Waals surface area (Å²) in [5.41, 5.74) is 1.33. The van der Waals surface area contributed by atoms with E-state index in [4.69, 9.17) is 16.3 Å². The average Bonchev–Trinajstić information content (AvgIpc) is 2.97. The van der Waals surface area contributed by atoms with Crippen molar-refractivity contribution in [3.8, 4) is 11.5 Å². The Hall–Kier alpha value is -4.54. The molecule has 2 aromatic heterocycles. The summed E-state index contributed by atoms with van der Waals surface area (Å²) in [5.74, 6) is 0.996. The second-order valence-corrected chi connectivity index (χ2v) is 9.98. The third kappa shape index (κ3) is 7.77. The van der Waals surface area contributed by atoms with E-state index in [0.717, 1.165) is 25.9 Å². The summed E-state index contributed by atoms with van der Waals surface area (Å²) in [4.78, 5) is 33.8. The summed E-state index contributed by atoms with van der Waals surface area (Å²) in [6.07, 6.45) is 5.65. The van der Waals surface area contributed by atoms with E-state index in [1.807, 2.05) is 0 Å². The van der Waals surface area contributed by atoms with Crippen LogP contribution >= 0.6 is 11.6 Å². The summed E-state index contributed by atoms with van der Waals surface area (Å²) in [6.45, 7) is 1.84. The van der Waals surface area contributed by atoms with Crippen LogP contribution in [0, 0.1) is 11.7 Å². The summed E-state index contributed by atoms with van der Waals surface area (Å²) in [6, 6.07) is 17.1. The first-order valence-electron chi connectivity index (χ1n) is 13.2. The van der Waals surface area contributed by atoms with Crippen molar-refractivity contribution in [3.05, 3.63) is 95.5 Å². The Morgan fingerprint density at radius 1 is 1.00 bits per heavy atom. The van der Waals surface area contributed by atoms with Gasteiger partial charge in [-0.1, -0.05) is 11.6 Å². The molecule has 2 aromatic carbocycles. The minimum absolute atomic E-state index is 0.0861. The summed E-state index contributed by atoms with van der Waals surface area (Å²) >= 11 is 6.51. The standard InChI is InChI=1S/C30H28ClFN6O3/c31-25-16-22(36-29-24(4-2-13-35-29)30(40)37-21-7-5-20(32)6-8-21)9-10-26(25)41-23-11-14-34-27(17-23)38-28(39)15-19-3-1-12-33-18-19/h2,4-11,13-14,16-17,19,33H,1,3,12,15,18H2,(H,35,36)(H,37,40)(H,34,38,39)/t19-/m1/s1. The molecule has 4 N–H and O–H groups in total. The number of benzene rings is 2. The van der Waals surface area contributed by atoms with Gasteiger partial charge in [0.2, 0.25) is 5.91 Å². The minimum Gasteiger partial charge on any atom is -0.456 e. The highest BCUT2D eigenvalue weighted by atomic mass is 35.5. The molecule has 0 radical (unpaired) electrons. The van der Waals surface area contributed by atoms with Gasteiger partial charge in [0, 0.05) is 36.3 Å². The maximum Gasteiger partial charge on any atom is 0.259 e. The van der Waals surface area contributed by atoms with Gasteiger partial charge in [-0.05, 0) is 92.5 Å². The van der Waals surface area contributed by atoms with Crippen molar-refractivity contribution in [3.63, 3.8) is 0 Å². The Bertz CT molecular complexity index is 1530. The Morgan fingerprint density at radius 3 is 2.61 bits per heavy atom. The van der Waals surface area contributed by atoms with E-state index in [1.165, 1.54) is 24.3 Å². The maximum atomic E-state index is 13.2. The molecule has 3 heterocycles. The largest absolute Gasteiger partial charge is 0.456 e. The molecular formula is C30H28ClFN6O3. The van der Waals surface area contributed by atoms with Crippen LogP contribution in [0.5, 0.6) is 11.5 Å². The zero-order chi connectivity index (χ0) is 28.6. The van der Waals surface area contributed by atoms with Crippen molar-refractivity contribution in [2.45, 2.75) is 19.3 Å². The molecule has 210 valence electrons. The van der Waals surface area contributed by atoms with Gasteiger partial charge in [0.05, 0.1) is 10.6 Å². The molecule has 1 saturated heterocycles. The minimum atomic E-state index is -0.408. The van der Waals surface area contributed by atoms with E-state index in [9.17, 15) is 14.0 Å². The van der Waals surface area contributed by atoms with Gasteiger partial charge in [-0.3, -0.25) is 9.59 Å². The lowest BCUT2D eigenvalue weighted by atomic mass is 9.96. The van der Waals surface area contributed by atoms with Gasteiger partial charge >= 0.3 is 0 Å². The lowest BCUT2D eigenvalue weighted by Crippen LogP contribution is -2.32. The number of hydrogen-bond acceptors (Lipinski definition) is 7. The average molecular weight is 575 g/mol. The quantitative estimate of drug-likeness (QED) is 0.183. The van der Waals surface area contributed by atoms with Crippen molar-refractivity contribution in [2.24, 2.45) is 5.92 Å². The maximum absolute atomic E-state index is 13.2. The predicted octanol–water partition coefficient (Wildman–Crippen LogP) is 6.39. The van der Waals surface area contributed by atoms with Crippen LogP contribution in [-0.2, 0) is 4.79 Å². The lowest BCUT2D eigenvalue weighted by molar-refractivity contribution is -0.117. The third-order valence-corrected chi connectivity index (χ3v) is 6.74. The van der Waals surface area contributed by atoms with E-state index < -0.39 is 11.7 Å². The van der Waals surface area contributed by atoms with Crippen molar-refractivity contribution < 1.29 is 18.7 Å². The third-order valence-electron chi connectivity index (χ3n) is 6.45. The van der Waals surface area contributed by atoms with Crippen LogP contribution in [0.4, 0.5) is 27.4 Å². The highest BCUT2D eigenvalue weighted by Gasteiger charge is 2.18. The number of hydrogen-bond donors (Lipinski definition) is 4. The Balaban J connectivity index is 1.22. The van der Waals surface area contributed by atoms with Gasteiger partial charge in [-0.25, -0.2) is 14.4 Å². The van der Waals surface area contributed by atoms with E-state index in [0.29, 0.717) is 57.4 Å². The SMILES string of the molecule is O=C(C[C@H]1CCCNC1)Nc1cc(Oc2ccc(Nc3ncccc3C(=O)Nc3ccc(F)cc3)cc2Cl)ccn1. The highest BCUT2D eigenvalue weighted by molar-refractivity contribution is 6.32. The number of carbonyl (C=O) groups is 2. The van der Waals surface area contributed by atoms with Crippen molar-refractivity contribution >= 4 is 46.4 Å². The molecule has 1 atom stereocenters. The molecule has 0 unspecified atom stereocenters. The molecule has 11 heteroatoms. The molecule has 5 rings (SSSR count). The number of amides is 2. The molecule has 0 saturated carbocycles. The van der Waals surface area contributed by atoms with Gasteiger partial charge in [0.1, 0.15) is 29.0 Å². The van der Waals surface area contributed by atoms with Crippen LogP contribution in [-0.4, -0.2) is 34.9 Å². The molecule has 9 nitrogen and oxygen atoms in total. The van der Waals surface area contributed by atoms with Crippen LogP contribution in [0.15, 0.2) is 79.1 Å². The number of rotatable bonds is 9. The van der Waals surface area contributed by atoms with Gasteiger partial charge in [-0.2, -0.15) is 0 Å². The van der Waals surface area contributed by atoms with Crippen molar-refractivity contribution in [1.82, 2.24) is 15.3 Å². The van der Waals surface area contributed by atoms with E-state index in [1.54, 1.807) is 54.9 Å². The molecule has 2 amide bonds. The number of piperidine rings is 1. The molecule has 0 aliphatic carbocycles. The first kappa shape index (κ1) is 28.0. The summed E-state index contributed by atoms with van der Waals surface area (Å²) < 4.78 is 19.2. The number of halogens is 2. The molecule has 1 aliphatic rings. The predicted molar refractivity (Wildman–Crippen MR) is 156 cm³/mol. The molecule has 4 aromatic rings. The fourth-order valence-electron chi connectivity index (χ4n) is 4.44. The molecular weight excluding hydrogens is 547 g/mol. The summed E-state index contributed by atoms with van der Waals surface area (Å²) in [5, 5.41) is 12.3. The second kappa shape index (κ2) is 13.2. The number of nitrogens with zero attached hydrogens (tertiary/aromatic N) is 2.